The highest BCUT2D eigenvalue weighted by Gasteiger charge is 2.52. The molecular weight excluding hydrogens is 805 g/mol. The third kappa shape index (κ3) is 25.1. The third-order valence-electron chi connectivity index (χ3n) is 8.08. The quantitative estimate of drug-likeness (QED) is 0.0499. The molecule has 3 unspecified atom stereocenters. The smallest absolute Gasteiger partial charge is 0.456 e. The second-order valence-electron chi connectivity index (χ2n) is 19.0. The monoisotopic (exact) mass is 892 g/mol. The van der Waals surface area contributed by atoms with Crippen molar-refractivity contribution in [2.75, 3.05) is 19.8 Å². The van der Waals surface area contributed by atoms with Crippen LogP contribution in [0.15, 0.2) is 0 Å². The Morgan fingerprint density at radius 3 is 1.12 bits per heavy atom. The molecule has 0 fully saturated rings. The molecule has 0 aliphatic carbocycles. The normalized spacial score (nSPS) is 17.5. The van der Waals surface area contributed by atoms with E-state index in [1.807, 2.05) is 20.8 Å². The van der Waals surface area contributed by atoms with Gasteiger partial charge in [0.05, 0.1) is 0 Å². The van der Waals surface area contributed by atoms with E-state index in [1.165, 1.54) is 19.3 Å². The van der Waals surface area contributed by atoms with Gasteiger partial charge in [0, 0.05) is 25.9 Å². The van der Waals surface area contributed by atoms with Gasteiger partial charge in [0.25, 0.3) is 0 Å². The van der Waals surface area contributed by atoms with Crippen LogP contribution in [0.5, 0.6) is 0 Å². The van der Waals surface area contributed by atoms with E-state index in [0.717, 1.165) is 49.5 Å². The molecule has 0 rings (SSSR count). The van der Waals surface area contributed by atoms with E-state index < -0.39 is 76.3 Å². The standard InChI is InChI=1S/C34H88O9Si9/c1-21-25-26-27-31-50(19,41-48(16,17)39-45(8,9)10)43-51(20,32-28-30-47(14,15)38-44(5,6)7)42-49(18,40-46(11,12)13)33-29-34-52(35-22-2,36-23-3)37-24-4/h21-34H2,1-20H3. The van der Waals surface area contributed by atoms with E-state index in [4.69, 9.17) is 38.0 Å². The number of hydrogen-bond acceptors (Lipinski definition) is 9. The van der Waals surface area contributed by atoms with Gasteiger partial charge in [0.1, 0.15) is 0 Å². The Morgan fingerprint density at radius 1 is 0.327 bits per heavy atom. The molecule has 0 saturated heterocycles. The fourth-order valence-electron chi connectivity index (χ4n) is 7.42. The zero-order valence-corrected chi connectivity index (χ0v) is 47.1. The minimum atomic E-state index is -2.88. The van der Waals surface area contributed by atoms with Gasteiger partial charge in [0.15, 0.2) is 33.3 Å². The fraction of sp³-hybridized carbons (Fsp3) is 1.00. The molecule has 0 heterocycles. The van der Waals surface area contributed by atoms with Gasteiger partial charge in [0.2, 0.25) is 0 Å². The molecule has 52 heavy (non-hydrogen) atoms. The number of unbranched alkanes of at least 4 members (excludes halogenated alkanes) is 3. The summed E-state index contributed by atoms with van der Waals surface area (Å²) < 4.78 is 62.0. The van der Waals surface area contributed by atoms with Crippen molar-refractivity contribution in [3.05, 3.63) is 0 Å². The maximum absolute atomic E-state index is 7.64. The van der Waals surface area contributed by atoms with Crippen LogP contribution in [-0.2, 0) is 38.0 Å². The third-order valence-corrected chi connectivity index (χ3v) is 40.4. The highest BCUT2D eigenvalue weighted by molar-refractivity contribution is 6.92. The van der Waals surface area contributed by atoms with Crippen molar-refractivity contribution in [1.82, 2.24) is 0 Å². The summed E-state index contributed by atoms with van der Waals surface area (Å²) >= 11 is 0. The van der Waals surface area contributed by atoms with Gasteiger partial charge < -0.3 is 38.0 Å². The van der Waals surface area contributed by atoms with Crippen LogP contribution in [-0.4, -0.2) is 96.1 Å². The summed E-state index contributed by atoms with van der Waals surface area (Å²) in [4.78, 5) is 0. The SMILES string of the molecule is CCCCCC[Si](C)(O[Si](C)(C)O[Si](C)(C)C)O[Si](C)(CCC[Si](C)(C)O[Si](C)(C)C)O[Si](C)(CCC[Si](OCC)(OCC)OCC)O[Si](C)(C)C. The zero-order valence-electron chi connectivity index (χ0n) is 38.1. The molecule has 0 spiro atoms. The Balaban J connectivity index is 6.90. The molecule has 18 heteroatoms. The lowest BCUT2D eigenvalue weighted by Gasteiger charge is -2.46. The first-order valence-electron chi connectivity index (χ1n) is 20.5. The van der Waals surface area contributed by atoms with Crippen LogP contribution in [0.3, 0.4) is 0 Å². The van der Waals surface area contributed by atoms with Crippen LogP contribution >= 0.6 is 0 Å². The topological polar surface area (TPSA) is 83.1 Å². The summed E-state index contributed by atoms with van der Waals surface area (Å²) in [6.07, 6.45) is 6.59. The molecule has 314 valence electrons. The molecule has 9 nitrogen and oxygen atoms in total. The second kappa shape index (κ2) is 22.7. The van der Waals surface area contributed by atoms with Crippen LogP contribution in [0, 0.1) is 0 Å². The lowest BCUT2D eigenvalue weighted by molar-refractivity contribution is 0.0710. The first-order valence-corrected chi connectivity index (χ1v) is 46.2. The van der Waals surface area contributed by atoms with E-state index in [-0.39, 0.29) is 0 Å². The van der Waals surface area contributed by atoms with Crippen LogP contribution in [0.1, 0.15) is 66.2 Å². The lowest BCUT2D eigenvalue weighted by Crippen LogP contribution is -2.62. The Hall–Kier alpha value is 1.59. The highest BCUT2D eigenvalue weighted by atomic mass is 28.5. The average molecular weight is 894 g/mol. The summed E-state index contributed by atoms with van der Waals surface area (Å²) in [5.74, 6) is 0. The van der Waals surface area contributed by atoms with Crippen molar-refractivity contribution in [3.8, 4) is 0 Å². The molecule has 0 N–H and O–H groups in total. The molecule has 0 bridgehead atoms. The van der Waals surface area contributed by atoms with Crippen molar-refractivity contribution < 1.29 is 38.0 Å². The van der Waals surface area contributed by atoms with E-state index in [0.29, 0.717) is 19.8 Å². The van der Waals surface area contributed by atoms with Crippen LogP contribution < -0.4 is 0 Å². The van der Waals surface area contributed by atoms with Crippen molar-refractivity contribution in [3.63, 3.8) is 0 Å². The van der Waals surface area contributed by atoms with Gasteiger partial charge in [-0.3, -0.25) is 0 Å². The summed E-state index contributed by atoms with van der Waals surface area (Å²) in [5.41, 5.74) is 0. The molecular formula is C34H88O9Si9. The second-order valence-corrected chi connectivity index (χ2v) is 54.4. The van der Waals surface area contributed by atoms with Crippen LogP contribution in [0.4, 0.5) is 0 Å². The molecule has 0 amide bonds. The van der Waals surface area contributed by atoms with Gasteiger partial charge in [-0.2, -0.15) is 0 Å². The maximum Gasteiger partial charge on any atom is 0.500 e. The van der Waals surface area contributed by atoms with Gasteiger partial charge >= 0.3 is 43.0 Å². The Bertz CT molecular complexity index is 976. The first kappa shape index (κ1) is 53.6. The van der Waals surface area contributed by atoms with E-state index >= 15 is 0 Å². The largest absolute Gasteiger partial charge is 0.500 e. The fourth-order valence-corrected chi connectivity index (χ4v) is 48.5. The Morgan fingerprint density at radius 2 is 0.712 bits per heavy atom. The molecule has 0 aliphatic heterocycles. The maximum atomic E-state index is 7.64. The molecule has 0 radical (unpaired) electrons. The van der Waals surface area contributed by atoms with Crippen molar-refractivity contribution >= 4 is 76.3 Å². The average Bonchev–Trinajstić information content (AvgIpc) is 2.86. The van der Waals surface area contributed by atoms with Gasteiger partial charge in [-0.15, -0.1) is 0 Å². The summed E-state index contributed by atoms with van der Waals surface area (Å²) in [5, 5.41) is 0. The van der Waals surface area contributed by atoms with Crippen molar-refractivity contribution in [2.24, 2.45) is 0 Å². The summed E-state index contributed by atoms with van der Waals surface area (Å²) in [6, 6.07) is 4.50. The molecule has 3 atom stereocenters. The minimum Gasteiger partial charge on any atom is -0.456 e. The van der Waals surface area contributed by atoms with E-state index in [9.17, 15) is 0 Å². The van der Waals surface area contributed by atoms with Crippen LogP contribution in [0.2, 0.25) is 135 Å². The molecule has 0 aromatic rings. The lowest BCUT2D eigenvalue weighted by atomic mass is 10.2. The first-order chi connectivity index (χ1) is 23.4. The van der Waals surface area contributed by atoms with Gasteiger partial charge in [-0.1, -0.05) is 39.0 Å². The predicted molar refractivity (Wildman–Crippen MR) is 244 cm³/mol. The Labute approximate surface area is 333 Å². The van der Waals surface area contributed by atoms with Gasteiger partial charge in [-0.05, 0) is 156 Å². The zero-order chi connectivity index (χ0) is 40.8. The van der Waals surface area contributed by atoms with Gasteiger partial charge in [-0.25, -0.2) is 0 Å². The predicted octanol–water partition coefficient (Wildman–Crippen LogP) is 12.1. The van der Waals surface area contributed by atoms with E-state index in [1.54, 1.807) is 0 Å². The summed E-state index contributed by atoms with van der Waals surface area (Å²) in [6.45, 7) is 46.7. The summed E-state index contributed by atoms with van der Waals surface area (Å²) in [7, 11) is -21.0. The molecule has 0 aliphatic rings. The van der Waals surface area contributed by atoms with Crippen molar-refractivity contribution in [2.45, 2.75) is 201 Å². The molecule has 0 aromatic carbocycles. The molecule has 0 aromatic heterocycles. The number of hydrogen-bond donors (Lipinski definition) is 0. The van der Waals surface area contributed by atoms with Crippen LogP contribution in [0.25, 0.3) is 0 Å². The minimum absolute atomic E-state index is 0.575. The van der Waals surface area contributed by atoms with E-state index in [2.05, 4.69) is 112 Å². The Kier molecular flexibility index (Phi) is 23.4. The van der Waals surface area contributed by atoms with Crippen molar-refractivity contribution in [1.29, 1.82) is 0 Å². The highest BCUT2D eigenvalue weighted by Crippen LogP contribution is 2.36. The molecule has 0 saturated carbocycles. The number of rotatable bonds is 31.